The van der Waals surface area contributed by atoms with Crippen molar-refractivity contribution in [2.24, 2.45) is 0 Å². The van der Waals surface area contributed by atoms with E-state index in [2.05, 4.69) is 17.9 Å². The number of ether oxygens (including phenoxy) is 2. The standard InChI is InChI=1S/C17H22N2O2/c1-12-8-13-9-17(20-2)14(10-16(13)21-12)15(11-18)19-6-4-3-5-7-19/h9-10,12,15H,3-8H2,1-2H3. The van der Waals surface area contributed by atoms with Crippen LogP contribution in [0.3, 0.4) is 0 Å². The zero-order valence-corrected chi connectivity index (χ0v) is 12.8. The zero-order chi connectivity index (χ0) is 14.8. The molecular weight excluding hydrogens is 264 g/mol. The molecule has 0 saturated carbocycles. The van der Waals surface area contributed by atoms with Crippen LogP contribution >= 0.6 is 0 Å². The van der Waals surface area contributed by atoms with Gasteiger partial charge in [-0.05, 0) is 45.0 Å². The second kappa shape index (κ2) is 5.95. The molecule has 2 heterocycles. The highest BCUT2D eigenvalue weighted by Crippen LogP contribution is 2.39. The molecule has 1 fully saturated rings. The van der Waals surface area contributed by atoms with Crippen LogP contribution < -0.4 is 9.47 Å². The van der Waals surface area contributed by atoms with E-state index in [4.69, 9.17) is 9.47 Å². The predicted molar refractivity (Wildman–Crippen MR) is 80.6 cm³/mol. The zero-order valence-electron chi connectivity index (χ0n) is 12.8. The van der Waals surface area contributed by atoms with E-state index in [1.807, 2.05) is 12.1 Å². The van der Waals surface area contributed by atoms with Gasteiger partial charge in [0.05, 0.1) is 13.2 Å². The Morgan fingerprint density at radius 1 is 1.33 bits per heavy atom. The first kappa shape index (κ1) is 14.2. The number of benzene rings is 1. The number of likely N-dealkylation sites (tertiary alicyclic amines) is 1. The average Bonchev–Trinajstić information content (AvgIpc) is 2.87. The van der Waals surface area contributed by atoms with E-state index in [1.165, 1.54) is 24.8 Å². The Kier molecular flexibility index (Phi) is 4.03. The summed E-state index contributed by atoms with van der Waals surface area (Å²) in [7, 11) is 1.68. The summed E-state index contributed by atoms with van der Waals surface area (Å²) in [6.45, 7) is 4.03. The SMILES string of the molecule is COc1cc2c(cc1C(C#N)N1CCCCC1)OC(C)C2. The number of hydrogen-bond acceptors (Lipinski definition) is 4. The summed E-state index contributed by atoms with van der Waals surface area (Å²) in [5.41, 5.74) is 2.12. The Labute approximate surface area is 126 Å². The number of rotatable bonds is 3. The topological polar surface area (TPSA) is 45.5 Å². The molecule has 0 spiro atoms. The number of fused-ring (bicyclic) bond motifs is 1. The van der Waals surface area contributed by atoms with Gasteiger partial charge in [0.15, 0.2) is 0 Å². The second-order valence-corrected chi connectivity index (χ2v) is 5.96. The lowest BCUT2D eigenvalue weighted by Crippen LogP contribution is -2.33. The highest BCUT2D eigenvalue weighted by molar-refractivity contribution is 5.51. The van der Waals surface area contributed by atoms with Crippen LogP contribution in [0.2, 0.25) is 0 Å². The lowest BCUT2D eigenvalue weighted by molar-refractivity contribution is 0.193. The molecule has 4 heteroatoms. The second-order valence-electron chi connectivity index (χ2n) is 5.96. The molecule has 21 heavy (non-hydrogen) atoms. The minimum Gasteiger partial charge on any atom is -0.496 e. The molecule has 4 nitrogen and oxygen atoms in total. The molecule has 2 atom stereocenters. The van der Waals surface area contributed by atoms with Crippen LogP contribution in [0, 0.1) is 11.3 Å². The van der Waals surface area contributed by atoms with Crippen LogP contribution in [0.25, 0.3) is 0 Å². The van der Waals surface area contributed by atoms with Crippen LogP contribution in [0.15, 0.2) is 12.1 Å². The van der Waals surface area contributed by atoms with Crippen molar-refractivity contribution in [3.05, 3.63) is 23.3 Å². The highest BCUT2D eigenvalue weighted by Gasteiger charge is 2.28. The minimum absolute atomic E-state index is 0.204. The maximum Gasteiger partial charge on any atom is 0.127 e. The summed E-state index contributed by atoms with van der Waals surface area (Å²) < 4.78 is 11.4. The molecule has 0 aliphatic carbocycles. The Balaban J connectivity index is 1.96. The van der Waals surface area contributed by atoms with Crippen molar-refractivity contribution in [2.75, 3.05) is 20.2 Å². The van der Waals surface area contributed by atoms with E-state index in [-0.39, 0.29) is 12.1 Å². The van der Waals surface area contributed by atoms with E-state index in [0.29, 0.717) is 0 Å². The van der Waals surface area contributed by atoms with E-state index in [1.54, 1.807) is 7.11 Å². The molecule has 1 saturated heterocycles. The van der Waals surface area contributed by atoms with Gasteiger partial charge in [0, 0.05) is 17.5 Å². The van der Waals surface area contributed by atoms with Crippen LogP contribution in [-0.4, -0.2) is 31.2 Å². The van der Waals surface area contributed by atoms with Gasteiger partial charge < -0.3 is 9.47 Å². The van der Waals surface area contributed by atoms with Gasteiger partial charge in [-0.25, -0.2) is 0 Å². The molecule has 0 amide bonds. The first-order valence-electron chi connectivity index (χ1n) is 7.74. The number of hydrogen-bond donors (Lipinski definition) is 0. The molecule has 3 rings (SSSR count). The molecule has 0 N–H and O–H groups in total. The molecule has 0 radical (unpaired) electrons. The summed E-state index contributed by atoms with van der Waals surface area (Å²) in [5, 5.41) is 9.66. The first-order chi connectivity index (χ1) is 10.2. The highest BCUT2D eigenvalue weighted by atomic mass is 16.5. The Morgan fingerprint density at radius 2 is 2.10 bits per heavy atom. The number of nitrogens with zero attached hydrogens (tertiary/aromatic N) is 2. The lowest BCUT2D eigenvalue weighted by atomic mass is 9.99. The molecule has 112 valence electrons. The fourth-order valence-corrected chi connectivity index (χ4v) is 3.37. The van der Waals surface area contributed by atoms with Gasteiger partial charge in [0.25, 0.3) is 0 Å². The summed E-state index contributed by atoms with van der Waals surface area (Å²) in [6.07, 6.45) is 4.71. The van der Waals surface area contributed by atoms with Crippen molar-refractivity contribution in [3.8, 4) is 17.6 Å². The van der Waals surface area contributed by atoms with E-state index >= 15 is 0 Å². The monoisotopic (exact) mass is 286 g/mol. The Hall–Kier alpha value is -1.73. The predicted octanol–water partition coefficient (Wildman–Crippen LogP) is 3.07. The van der Waals surface area contributed by atoms with E-state index in [0.717, 1.165) is 36.6 Å². The van der Waals surface area contributed by atoms with Crippen molar-refractivity contribution in [1.82, 2.24) is 4.90 Å². The molecule has 2 unspecified atom stereocenters. The maximum atomic E-state index is 9.66. The average molecular weight is 286 g/mol. The molecule has 0 bridgehead atoms. The molecule has 1 aromatic carbocycles. The largest absolute Gasteiger partial charge is 0.496 e. The molecule has 2 aliphatic heterocycles. The Bertz CT molecular complexity index is 559. The van der Waals surface area contributed by atoms with Gasteiger partial charge in [-0.2, -0.15) is 5.26 Å². The number of nitriles is 1. The first-order valence-corrected chi connectivity index (χ1v) is 7.74. The molecular formula is C17H22N2O2. The van der Waals surface area contributed by atoms with Gasteiger partial charge in [-0.15, -0.1) is 0 Å². The van der Waals surface area contributed by atoms with Gasteiger partial charge in [-0.1, -0.05) is 6.42 Å². The van der Waals surface area contributed by atoms with Gasteiger partial charge >= 0.3 is 0 Å². The number of piperidine rings is 1. The van der Waals surface area contributed by atoms with Crippen LogP contribution in [-0.2, 0) is 6.42 Å². The fourth-order valence-electron chi connectivity index (χ4n) is 3.37. The van der Waals surface area contributed by atoms with Crippen molar-refractivity contribution in [1.29, 1.82) is 5.26 Å². The molecule has 2 aliphatic rings. The third-order valence-corrected chi connectivity index (χ3v) is 4.42. The summed E-state index contributed by atoms with van der Waals surface area (Å²) in [5.74, 6) is 1.72. The fraction of sp³-hybridized carbons (Fsp3) is 0.588. The van der Waals surface area contributed by atoms with Crippen LogP contribution in [0.1, 0.15) is 43.4 Å². The van der Waals surface area contributed by atoms with Gasteiger partial charge in [-0.3, -0.25) is 4.90 Å². The van der Waals surface area contributed by atoms with Crippen molar-refractivity contribution in [2.45, 2.75) is 44.8 Å². The third-order valence-electron chi connectivity index (χ3n) is 4.42. The lowest BCUT2D eigenvalue weighted by Gasteiger charge is -2.31. The smallest absolute Gasteiger partial charge is 0.127 e. The van der Waals surface area contributed by atoms with Crippen molar-refractivity contribution in [3.63, 3.8) is 0 Å². The minimum atomic E-state index is -0.245. The molecule has 1 aromatic rings. The summed E-state index contributed by atoms with van der Waals surface area (Å²) >= 11 is 0. The number of methoxy groups -OCH3 is 1. The van der Waals surface area contributed by atoms with Gasteiger partial charge in [0.1, 0.15) is 23.6 Å². The molecule has 0 aromatic heterocycles. The van der Waals surface area contributed by atoms with Crippen LogP contribution in [0.5, 0.6) is 11.5 Å². The summed E-state index contributed by atoms with van der Waals surface area (Å²) in [4.78, 5) is 2.26. The van der Waals surface area contributed by atoms with E-state index < -0.39 is 0 Å². The van der Waals surface area contributed by atoms with Gasteiger partial charge in [0.2, 0.25) is 0 Å². The summed E-state index contributed by atoms with van der Waals surface area (Å²) in [6, 6.07) is 6.27. The van der Waals surface area contributed by atoms with Crippen molar-refractivity contribution < 1.29 is 9.47 Å². The van der Waals surface area contributed by atoms with E-state index in [9.17, 15) is 5.26 Å². The third kappa shape index (κ3) is 2.71. The van der Waals surface area contributed by atoms with Crippen LogP contribution in [0.4, 0.5) is 0 Å². The quantitative estimate of drug-likeness (QED) is 0.856. The maximum absolute atomic E-state index is 9.66. The Morgan fingerprint density at radius 3 is 2.76 bits per heavy atom. The normalized spacial score (nSPS) is 23.0. The van der Waals surface area contributed by atoms with Crippen molar-refractivity contribution >= 4 is 0 Å².